The predicted octanol–water partition coefficient (Wildman–Crippen LogP) is 1.76. The SMILES string of the molecule is CCNC(=NCC(=O)N(C)C)NCC(C)(C)NC(C)c1ccccc1. The molecule has 0 saturated heterocycles. The third-order valence-corrected chi connectivity index (χ3v) is 3.82. The van der Waals surface area contributed by atoms with Crippen LogP contribution in [0.15, 0.2) is 35.3 Å². The lowest BCUT2D eigenvalue weighted by Gasteiger charge is -2.31. The van der Waals surface area contributed by atoms with Crippen molar-refractivity contribution in [1.82, 2.24) is 20.9 Å². The zero-order valence-corrected chi connectivity index (χ0v) is 16.4. The number of hydrogen-bond acceptors (Lipinski definition) is 3. The van der Waals surface area contributed by atoms with Crippen molar-refractivity contribution >= 4 is 11.9 Å². The molecule has 1 rings (SSSR count). The van der Waals surface area contributed by atoms with Gasteiger partial charge in [0, 0.05) is 38.8 Å². The molecular weight excluding hydrogens is 314 g/mol. The molecule has 0 aromatic heterocycles. The van der Waals surface area contributed by atoms with Gasteiger partial charge in [-0.2, -0.15) is 0 Å². The number of likely N-dealkylation sites (N-methyl/N-ethyl adjacent to an activating group) is 1. The maximum atomic E-state index is 11.7. The lowest BCUT2D eigenvalue weighted by molar-refractivity contribution is -0.127. The van der Waals surface area contributed by atoms with Gasteiger partial charge in [-0.3, -0.25) is 4.79 Å². The normalized spacial score (nSPS) is 13.3. The highest BCUT2D eigenvalue weighted by Gasteiger charge is 2.21. The van der Waals surface area contributed by atoms with Crippen molar-refractivity contribution in [2.24, 2.45) is 4.99 Å². The van der Waals surface area contributed by atoms with Crippen LogP contribution in [0.3, 0.4) is 0 Å². The zero-order chi connectivity index (χ0) is 18.9. The van der Waals surface area contributed by atoms with E-state index in [1.807, 2.05) is 13.0 Å². The number of hydrogen-bond donors (Lipinski definition) is 3. The van der Waals surface area contributed by atoms with Crippen LogP contribution >= 0.6 is 0 Å². The van der Waals surface area contributed by atoms with Gasteiger partial charge in [0.15, 0.2) is 5.96 Å². The third-order valence-electron chi connectivity index (χ3n) is 3.82. The molecule has 140 valence electrons. The van der Waals surface area contributed by atoms with Crippen molar-refractivity contribution in [2.45, 2.75) is 39.3 Å². The van der Waals surface area contributed by atoms with Crippen LogP contribution < -0.4 is 16.0 Å². The lowest BCUT2D eigenvalue weighted by atomic mass is 10.0. The minimum Gasteiger partial charge on any atom is -0.357 e. The summed E-state index contributed by atoms with van der Waals surface area (Å²) in [6.45, 7) is 10.0. The number of nitrogens with zero attached hydrogens (tertiary/aromatic N) is 2. The molecular formula is C19H33N5O. The first-order valence-corrected chi connectivity index (χ1v) is 8.80. The lowest BCUT2D eigenvalue weighted by Crippen LogP contribution is -2.52. The Morgan fingerprint density at radius 1 is 1.20 bits per heavy atom. The molecule has 0 aliphatic heterocycles. The van der Waals surface area contributed by atoms with Crippen LogP contribution in [-0.2, 0) is 4.79 Å². The van der Waals surface area contributed by atoms with Gasteiger partial charge in [-0.1, -0.05) is 30.3 Å². The molecule has 0 bridgehead atoms. The monoisotopic (exact) mass is 347 g/mol. The van der Waals surface area contributed by atoms with Gasteiger partial charge < -0.3 is 20.9 Å². The molecule has 0 spiro atoms. The minimum atomic E-state index is -0.142. The Bertz CT molecular complexity index is 554. The Balaban J connectivity index is 2.61. The summed E-state index contributed by atoms with van der Waals surface area (Å²) in [5, 5.41) is 10.1. The maximum Gasteiger partial charge on any atom is 0.243 e. The molecule has 1 unspecified atom stereocenters. The Hall–Kier alpha value is -2.08. The van der Waals surface area contributed by atoms with Crippen molar-refractivity contribution in [3.63, 3.8) is 0 Å². The fourth-order valence-electron chi connectivity index (χ4n) is 2.40. The van der Waals surface area contributed by atoms with Crippen LogP contribution in [0.4, 0.5) is 0 Å². The van der Waals surface area contributed by atoms with Crippen LogP contribution in [0.2, 0.25) is 0 Å². The minimum absolute atomic E-state index is 0.0210. The summed E-state index contributed by atoms with van der Waals surface area (Å²) in [5.41, 5.74) is 1.12. The van der Waals surface area contributed by atoms with E-state index in [-0.39, 0.29) is 24.0 Å². The van der Waals surface area contributed by atoms with E-state index in [9.17, 15) is 4.79 Å². The highest BCUT2D eigenvalue weighted by atomic mass is 16.2. The van der Waals surface area contributed by atoms with Crippen molar-refractivity contribution in [3.8, 4) is 0 Å². The predicted molar refractivity (Wildman–Crippen MR) is 105 cm³/mol. The van der Waals surface area contributed by atoms with Crippen molar-refractivity contribution in [2.75, 3.05) is 33.7 Å². The second-order valence-electron chi connectivity index (χ2n) is 7.00. The summed E-state index contributed by atoms with van der Waals surface area (Å²) >= 11 is 0. The summed E-state index contributed by atoms with van der Waals surface area (Å²) in [4.78, 5) is 17.6. The Labute approximate surface area is 152 Å². The molecule has 0 aliphatic carbocycles. The highest BCUT2D eigenvalue weighted by molar-refractivity contribution is 5.84. The maximum absolute atomic E-state index is 11.7. The van der Waals surface area contributed by atoms with Crippen LogP contribution in [-0.4, -0.2) is 56.0 Å². The first-order chi connectivity index (χ1) is 11.7. The van der Waals surface area contributed by atoms with Gasteiger partial charge in [0.05, 0.1) is 0 Å². The Morgan fingerprint density at radius 3 is 2.40 bits per heavy atom. The average molecular weight is 348 g/mol. The Morgan fingerprint density at radius 2 is 1.84 bits per heavy atom. The third kappa shape index (κ3) is 8.03. The van der Waals surface area contributed by atoms with Gasteiger partial charge in [-0.15, -0.1) is 0 Å². The molecule has 0 heterocycles. The molecule has 0 saturated carbocycles. The average Bonchev–Trinajstić information content (AvgIpc) is 2.57. The van der Waals surface area contributed by atoms with Gasteiger partial charge in [-0.05, 0) is 33.3 Å². The topological polar surface area (TPSA) is 68.8 Å². The summed E-state index contributed by atoms with van der Waals surface area (Å²) < 4.78 is 0. The largest absolute Gasteiger partial charge is 0.357 e. The van der Waals surface area contributed by atoms with Crippen LogP contribution in [0.25, 0.3) is 0 Å². The fraction of sp³-hybridized carbons (Fsp3) is 0.579. The van der Waals surface area contributed by atoms with Crippen molar-refractivity contribution < 1.29 is 4.79 Å². The molecule has 6 nitrogen and oxygen atoms in total. The number of carbonyl (C=O) groups is 1. The molecule has 1 aromatic rings. The Kier molecular flexibility index (Phi) is 8.41. The molecule has 1 amide bonds. The van der Waals surface area contributed by atoms with E-state index in [0.29, 0.717) is 12.5 Å². The fourth-order valence-corrected chi connectivity index (χ4v) is 2.40. The number of nitrogens with one attached hydrogen (secondary N) is 3. The molecule has 25 heavy (non-hydrogen) atoms. The summed E-state index contributed by atoms with van der Waals surface area (Å²) in [6.07, 6.45) is 0. The van der Waals surface area contributed by atoms with Crippen molar-refractivity contribution in [1.29, 1.82) is 0 Å². The quantitative estimate of drug-likeness (QED) is 0.495. The molecule has 0 aliphatic rings. The summed E-state index contributed by atoms with van der Waals surface area (Å²) in [6, 6.07) is 10.6. The highest BCUT2D eigenvalue weighted by Crippen LogP contribution is 2.15. The van der Waals surface area contributed by atoms with E-state index in [4.69, 9.17) is 0 Å². The smallest absolute Gasteiger partial charge is 0.243 e. The van der Waals surface area contributed by atoms with Gasteiger partial charge in [-0.25, -0.2) is 4.99 Å². The van der Waals surface area contributed by atoms with Crippen LogP contribution in [0.1, 0.15) is 39.3 Å². The number of carbonyl (C=O) groups excluding carboxylic acids is 1. The molecule has 1 aromatic carbocycles. The number of guanidine groups is 1. The number of benzene rings is 1. The number of rotatable bonds is 8. The molecule has 3 N–H and O–H groups in total. The number of aliphatic imine (C=N–C) groups is 1. The van der Waals surface area contributed by atoms with E-state index < -0.39 is 0 Å². The van der Waals surface area contributed by atoms with E-state index in [1.54, 1.807) is 19.0 Å². The summed E-state index contributed by atoms with van der Waals surface area (Å²) in [5.74, 6) is 0.632. The van der Waals surface area contributed by atoms with E-state index in [0.717, 1.165) is 6.54 Å². The van der Waals surface area contributed by atoms with E-state index >= 15 is 0 Å². The second kappa shape index (κ2) is 10.0. The van der Waals surface area contributed by atoms with Gasteiger partial charge in [0.2, 0.25) is 5.91 Å². The first kappa shape index (κ1) is 21.0. The van der Waals surface area contributed by atoms with Crippen molar-refractivity contribution in [3.05, 3.63) is 35.9 Å². The van der Waals surface area contributed by atoms with E-state index in [2.05, 4.69) is 66.0 Å². The summed E-state index contributed by atoms with van der Waals surface area (Å²) in [7, 11) is 3.46. The first-order valence-electron chi connectivity index (χ1n) is 8.80. The molecule has 0 radical (unpaired) electrons. The standard InChI is InChI=1S/C19H33N5O/c1-7-20-18(21-13-17(25)24(5)6)22-14-19(3,4)23-15(2)16-11-9-8-10-12-16/h8-12,15,23H,7,13-14H2,1-6H3,(H2,20,21,22). The van der Waals surface area contributed by atoms with Gasteiger partial charge in [0.1, 0.15) is 6.54 Å². The van der Waals surface area contributed by atoms with Crippen LogP contribution in [0.5, 0.6) is 0 Å². The molecule has 1 atom stereocenters. The van der Waals surface area contributed by atoms with Gasteiger partial charge in [0.25, 0.3) is 0 Å². The van der Waals surface area contributed by atoms with Crippen LogP contribution in [0, 0.1) is 0 Å². The van der Waals surface area contributed by atoms with E-state index in [1.165, 1.54) is 5.56 Å². The number of amides is 1. The van der Waals surface area contributed by atoms with Gasteiger partial charge >= 0.3 is 0 Å². The zero-order valence-electron chi connectivity index (χ0n) is 16.4. The second-order valence-corrected chi connectivity index (χ2v) is 7.00. The molecule has 0 fully saturated rings. The molecule has 6 heteroatoms.